The van der Waals surface area contributed by atoms with Crippen LogP contribution in [0.3, 0.4) is 0 Å². The van der Waals surface area contributed by atoms with Gasteiger partial charge < -0.3 is 9.47 Å². The number of ether oxygens (including phenoxy) is 2. The van der Waals surface area contributed by atoms with Crippen LogP contribution in [-0.4, -0.2) is 19.4 Å². The van der Waals surface area contributed by atoms with Crippen molar-refractivity contribution in [2.75, 3.05) is 7.11 Å². The van der Waals surface area contributed by atoms with Gasteiger partial charge in [-0.15, -0.1) is 0 Å². The molecule has 1 atom stereocenters. The average Bonchev–Trinajstić information content (AvgIpc) is 2.22. The van der Waals surface area contributed by atoms with Crippen molar-refractivity contribution < 1.29 is 14.3 Å². The molecule has 0 amide bonds. The van der Waals surface area contributed by atoms with Crippen LogP contribution in [0.5, 0.6) is 0 Å². The monoisotopic (exact) mass is 199 g/mol. The van der Waals surface area contributed by atoms with Crippen LogP contribution in [0.2, 0.25) is 0 Å². The molecule has 0 aromatic heterocycles. The highest BCUT2D eigenvalue weighted by Crippen LogP contribution is 2.08. The number of hydrogen-bond acceptors (Lipinski definition) is 4. The van der Waals surface area contributed by atoms with Gasteiger partial charge >= 0.3 is 6.16 Å². The SMILES string of the molecule is CCCCCCC(C#N)OC(=O)OC. The van der Waals surface area contributed by atoms with Crippen LogP contribution in [-0.2, 0) is 9.47 Å². The molecule has 1 unspecified atom stereocenters. The summed E-state index contributed by atoms with van der Waals surface area (Å²) >= 11 is 0. The molecular weight excluding hydrogens is 182 g/mol. The van der Waals surface area contributed by atoms with E-state index in [1.165, 1.54) is 7.11 Å². The summed E-state index contributed by atoms with van der Waals surface area (Å²) in [7, 11) is 1.23. The molecule has 0 N–H and O–H groups in total. The Labute approximate surface area is 84.8 Å². The molecule has 0 spiro atoms. The third kappa shape index (κ3) is 6.30. The topological polar surface area (TPSA) is 59.3 Å². The number of nitriles is 1. The third-order valence-corrected chi connectivity index (χ3v) is 1.87. The predicted octanol–water partition coefficient (Wildman–Crippen LogP) is 2.63. The first kappa shape index (κ1) is 12.8. The standard InChI is InChI=1S/C10H17NO3/c1-3-4-5-6-7-9(8-11)14-10(12)13-2/h9H,3-7H2,1-2H3. The Hall–Kier alpha value is -1.24. The van der Waals surface area contributed by atoms with Gasteiger partial charge in [0.05, 0.1) is 7.11 Å². The Morgan fingerprint density at radius 3 is 2.64 bits per heavy atom. The van der Waals surface area contributed by atoms with Crippen LogP contribution in [0.15, 0.2) is 0 Å². The molecule has 0 aromatic carbocycles. The quantitative estimate of drug-likeness (QED) is 0.487. The molecule has 0 heterocycles. The van der Waals surface area contributed by atoms with Crippen molar-refractivity contribution in [2.45, 2.75) is 45.1 Å². The number of unbranched alkanes of at least 4 members (excludes halogenated alkanes) is 3. The zero-order valence-corrected chi connectivity index (χ0v) is 8.78. The third-order valence-electron chi connectivity index (χ3n) is 1.87. The van der Waals surface area contributed by atoms with Crippen molar-refractivity contribution in [3.05, 3.63) is 0 Å². The van der Waals surface area contributed by atoms with Crippen LogP contribution in [0.25, 0.3) is 0 Å². The largest absolute Gasteiger partial charge is 0.509 e. The number of methoxy groups -OCH3 is 1. The maximum absolute atomic E-state index is 10.7. The maximum atomic E-state index is 10.7. The van der Waals surface area contributed by atoms with Crippen molar-refractivity contribution in [2.24, 2.45) is 0 Å². The number of carbonyl (C=O) groups is 1. The van der Waals surface area contributed by atoms with Crippen LogP contribution < -0.4 is 0 Å². The lowest BCUT2D eigenvalue weighted by molar-refractivity contribution is 0.0515. The van der Waals surface area contributed by atoms with Crippen LogP contribution in [0.1, 0.15) is 39.0 Å². The van der Waals surface area contributed by atoms with Gasteiger partial charge in [0, 0.05) is 0 Å². The van der Waals surface area contributed by atoms with Gasteiger partial charge in [-0.05, 0) is 12.8 Å². The van der Waals surface area contributed by atoms with Gasteiger partial charge in [0.15, 0.2) is 6.10 Å². The van der Waals surface area contributed by atoms with Crippen molar-refractivity contribution in [1.82, 2.24) is 0 Å². The lowest BCUT2D eigenvalue weighted by Gasteiger charge is -2.08. The zero-order valence-electron chi connectivity index (χ0n) is 8.78. The van der Waals surface area contributed by atoms with Gasteiger partial charge in [-0.2, -0.15) is 5.26 Å². The van der Waals surface area contributed by atoms with E-state index in [0.29, 0.717) is 6.42 Å². The van der Waals surface area contributed by atoms with Gasteiger partial charge in [-0.25, -0.2) is 4.79 Å². The minimum atomic E-state index is -0.785. The van der Waals surface area contributed by atoms with Gasteiger partial charge in [0.25, 0.3) is 0 Å². The summed E-state index contributed by atoms with van der Waals surface area (Å²) in [6, 6.07) is 1.92. The molecule has 0 rings (SSSR count). The number of rotatable bonds is 6. The second kappa shape index (κ2) is 8.36. The molecule has 4 nitrogen and oxygen atoms in total. The Morgan fingerprint density at radius 1 is 1.43 bits per heavy atom. The lowest BCUT2D eigenvalue weighted by atomic mass is 10.1. The summed E-state index contributed by atoms with van der Waals surface area (Å²) in [5.74, 6) is 0. The summed E-state index contributed by atoms with van der Waals surface area (Å²) < 4.78 is 9.00. The van der Waals surface area contributed by atoms with Crippen LogP contribution in [0.4, 0.5) is 4.79 Å². The number of hydrogen-bond donors (Lipinski definition) is 0. The highest BCUT2D eigenvalue weighted by Gasteiger charge is 2.12. The van der Waals surface area contributed by atoms with Crippen molar-refractivity contribution >= 4 is 6.16 Å². The summed E-state index contributed by atoms with van der Waals surface area (Å²) in [4.78, 5) is 10.7. The average molecular weight is 199 g/mol. The molecule has 0 aromatic rings. The zero-order chi connectivity index (χ0) is 10.8. The molecule has 0 saturated carbocycles. The molecule has 0 saturated heterocycles. The van der Waals surface area contributed by atoms with Crippen LogP contribution in [0, 0.1) is 11.3 Å². The van der Waals surface area contributed by atoms with Crippen LogP contribution >= 0.6 is 0 Å². The highest BCUT2D eigenvalue weighted by molar-refractivity contribution is 5.60. The van der Waals surface area contributed by atoms with E-state index < -0.39 is 12.3 Å². The second-order valence-corrected chi connectivity index (χ2v) is 3.04. The van der Waals surface area contributed by atoms with Crippen molar-refractivity contribution in [1.29, 1.82) is 5.26 Å². The molecule has 80 valence electrons. The van der Waals surface area contributed by atoms with E-state index in [0.717, 1.165) is 25.7 Å². The van der Waals surface area contributed by atoms with Gasteiger partial charge in [0.1, 0.15) is 6.07 Å². The summed E-state index contributed by atoms with van der Waals surface area (Å²) in [5, 5.41) is 8.64. The smallest absolute Gasteiger partial charge is 0.438 e. The second-order valence-electron chi connectivity index (χ2n) is 3.04. The molecule has 0 aliphatic rings. The molecule has 0 aliphatic carbocycles. The lowest BCUT2D eigenvalue weighted by Crippen LogP contribution is -2.16. The Balaban J connectivity index is 3.59. The van der Waals surface area contributed by atoms with E-state index in [4.69, 9.17) is 10.00 Å². The van der Waals surface area contributed by atoms with Gasteiger partial charge in [-0.3, -0.25) is 0 Å². The molecule has 0 fully saturated rings. The van der Waals surface area contributed by atoms with Gasteiger partial charge in [0.2, 0.25) is 0 Å². The number of carbonyl (C=O) groups excluding carboxylic acids is 1. The van der Waals surface area contributed by atoms with E-state index in [9.17, 15) is 4.79 Å². The molecule has 0 radical (unpaired) electrons. The Bertz CT molecular complexity index is 198. The first-order valence-electron chi connectivity index (χ1n) is 4.88. The first-order valence-corrected chi connectivity index (χ1v) is 4.88. The highest BCUT2D eigenvalue weighted by atomic mass is 16.7. The molecule has 0 bridgehead atoms. The molecule has 14 heavy (non-hydrogen) atoms. The van der Waals surface area contributed by atoms with Gasteiger partial charge in [-0.1, -0.05) is 26.2 Å². The molecule has 0 aliphatic heterocycles. The predicted molar refractivity (Wildman–Crippen MR) is 51.7 cm³/mol. The minimum absolute atomic E-state index is 0.589. The fourth-order valence-corrected chi connectivity index (χ4v) is 1.07. The molecular formula is C10H17NO3. The van der Waals surface area contributed by atoms with Crippen molar-refractivity contribution in [3.8, 4) is 6.07 Å². The molecule has 4 heteroatoms. The fraction of sp³-hybridized carbons (Fsp3) is 0.800. The maximum Gasteiger partial charge on any atom is 0.509 e. The summed E-state index contributed by atoms with van der Waals surface area (Å²) in [5.41, 5.74) is 0. The Kier molecular flexibility index (Phi) is 7.62. The Morgan fingerprint density at radius 2 is 2.14 bits per heavy atom. The summed E-state index contributed by atoms with van der Waals surface area (Å²) in [6.45, 7) is 2.12. The number of nitrogens with zero attached hydrogens (tertiary/aromatic N) is 1. The first-order chi connectivity index (χ1) is 6.74. The van der Waals surface area contributed by atoms with E-state index >= 15 is 0 Å². The van der Waals surface area contributed by atoms with Crippen molar-refractivity contribution in [3.63, 3.8) is 0 Å². The fourth-order valence-electron chi connectivity index (χ4n) is 1.07. The normalized spacial score (nSPS) is 11.5. The van der Waals surface area contributed by atoms with E-state index in [-0.39, 0.29) is 0 Å². The minimum Gasteiger partial charge on any atom is -0.438 e. The van der Waals surface area contributed by atoms with E-state index in [2.05, 4.69) is 11.7 Å². The van der Waals surface area contributed by atoms with E-state index in [1.54, 1.807) is 0 Å². The summed E-state index contributed by atoms with van der Waals surface area (Å²) in [6.07, 6.45) is 3.41. The van der Waals surface area contributed by atoms with E-state index in [1.807, 2.05) is 6.07 Å².